The SMILES string of the molecule is O=C(O)C1CN(C(=O)C2CC=CCC2)CC1c1ccccc1. The van der Waals surface area contributed by atoms with Gasteiger partial charge in [-0.15, -0.1) is 0 Å². The number of likely N-dealkylation sites (tertiary alicyclic amines) is 1. The normalized spacial score (nSPS) is 27.8. The highest BCUT2D eigenvalue weighted by molar-refractivity contribution is 5.81. The first kappa shape index (κ1) is 14.8. The van der Waals surface area contributed by atoms with Crippen molar-refractivity contribution < 1.29 is 14.7 Å². The number of carboxylic acids is 1. The van der Waals surface area contributed by atoms with Crippen LogP contribution >= 0.6 is 0 Å². The van der Waals surface area contributed by atoms with Crippen LogP contribution in [0, 0.1) is 11.8 Å². The smallest absolute Gasteiger partial charge is 0.308 e. The summed E-state index contributed by atoms with van der Waals surface area (Å²) in [5.41, 5.74) is 1.01. The van der Waals surface area contributed by atoms with Gasteiger partial charge in [0.05, 0.1) is 5.92 Å². The summed E-state index contributed by atoms with van der Waals surface area (Å²) in [6.45, 7) is 0.841. The first-order valence-electron chi connectivity index (χ1n) is 7.88. The van der Waals surface area contributed by atoms with Crippen molar-refractivity contribution in [2.45, 2.75) is 25.2 Å². The molecule has 4 nitrogen and oxygen atoms in total. The van der Waals surface area contributed by atoms with Gasteiger partial charge in [-0.2, -0.15) is 0 Å². The van der Waals surface area contributed by atoms with Crippen LogP contribution < -0.4 is 0 Å². The standard InChI is InChI=1S/C18H21NO3/c20-17(14-9-5-2-6-10-14)19-11-15(16(12-19)18(21)22)13-7-3-1-4-8-13/h1-5,7-8,14-16H,6,9-12H2,(H,21,22). The number of rotatable bonds is 3. The second-order valence-corrected chi connectivity index (χ2v) is 6.19. The number of nitrogens with zero attached hydrogens (tertiary/aromatic N) is 1. The molecule has 22 heavy (non-hydrogen) atoms. The summed E-state index contributed by atoms with van der Waals surface area (Å²) in [7, 11) is 0. The number of carbonyl (C=O) groups is 2. The highest BCUT2D eigenvalue weighted by Gasteiger charge is 2.41. The highest BCUT2D eigenvalue weighted by Crippen LogP contribution is 2.34. The molecule has 1 heterocycles. The van der Waals surface area contributed by atoms with E-state index < -0.39 is 11.9 Å². The van der Waals surface area contributed by atoms with Gasteiger partial charge in [0.2, 0.25) is 5.91 Å². The molecule has 116 valence electrons. The fraction of sp³-hybridized carbons (Fsp3) is 0.444. The van der Waals surface area contributed by atoms with E-state index in [0.717, 1.165) is 24.8 Å². The molecule has 1 saturated heterocycles. The summed E-state index contributed by atoms with van der Waals surface area (Å²) >= 11 is 0. The number of hydrogen-bond acceptors (Lipinski definition) is 2. The van der Waals surface area contributed by atoms with Crippen LogP contribution in [0.15, 0.2) is 42.5 Å². The van der Waals surface area contributed by atoms with Crippen molar-refractivity contribution in [3.05, 3.63) is 48.0 Å². The lowest BCUT2D eigenvalue weighted by Gasteiger charge is -2.24. The molecule has 4 heteroatoms. The molecule has 0 spiro atoms. The van der Waals surface area contributed by atoms with E-state index in [4.69, 9.17) is 0 Å². The maximum absolute atomic E-state index is 12.6. The third kappa shape index (κ3) is 2.91. The molecule has 0 radical (unpaired) electrons. The number of allylic oxidation sites excluding steroid dienone is 2. The molecule has 3 unspecified atom stereocenters. The topological polar surface area (TPSA) is 57.6 Å². The Morgan fingerprint density at radius 1 is 1.09 bits per heavy atom. The van der Waals surface area contributed by atoms with E-state index in [-0.39, 0.29) is 17.7 Å². The minimum absolute atomic E-state index is 0.0222. The molecule has 0 aromatic heterocycles. The van der Waals surface area contributed by atoms with E-state index in [1.807, 2.05) is 30.3 Å². The van der Waals surface area contributed by atoms with Crippen LogP contribution in [-0.2, 0) is 9.59 Å². The third-order valence-corrected chi connectivity index (χ3v) is 4.79. The third-order valence-electron chi connectivity index (χ3n) is 4.79. The molecule has 1 aliphatic heterocycles. The molecule has 0 saturated carbocycles. The van der Waals surface area contributed by atoms with Crippen molar-refractivity contribution in [3.8, 4) is 0 Å². The van der Waals surface area contributed by atoms with Crippen LogP contribution in [0.5, 0.6) is 0 Å². The minimum atomic E-state index is -0.812. The van der Waals surface area contributed by atoms with Gasteiger partial charge in [-0.25, -0.2) is 0 Å². The van der Waals surface area contributed by atoms with Gasteiger partial charge in [-0.1, -0.05) is 42.5 Å². The number of carboxylic acid groups (broad SMARTS) is 1. The van der Waals surface area contributed by atoms with Gasteiger partial charge in [0, 0.05) is 24.9 Å². The van der Waals surface area contributed by atoms with Crippen molar-refractivity contribution in [1.29, 1.82) is 0 Å². The summed E-state index contributed by atoms with van der Waals surface area (Å²) in [5.74, 6) is -1.29. The van der Waals surface area contributed by atoms with Crippen LogP contribution in [0.4, 0.5) is 0 Å². The van der Waals surface area contributed by atoms with Crippen molar-refractivity contribution >= 4 is 11.9 Å². The van der Waals surface area contributed by atoms with Crippen LogP contribution in [-0.4, -0.2) is 35.0 Å². The van der Waals surface area contributed by atoms with Crippen LogP contribution in [0.3, 0.4) is 0 Å². The molecule has 1 N–H and O–H groups in total. The number of aliphatic carboxylic acids is 1. The lowest BCUT2D eigenvalue weighted by atomic mass is 9.89. The number of hydrogen-bond donors (Lipinski definition) is 1. The predicted molar refractivity (Wildman–Crippen MR) is 83.4 cm³/mol. The van der Waals surface area contributed by atoms with Gasteiger partial charge in [0.15, 0.2) is 0 Å². The maximum Gasteiger partial charge on any atom is 0.308 e. The fourth-order valence-electron chi connectivity index (χ4n) is 3.55. The van der Waals surface area contributed by atoms with Gasteiger partial charge in [0.1, 0.15) is 0 Å². The molecular formula is C18H21NO3. The average Bonchev–Trinajstić information content (AvgIpc) is 3.01. The molecule has 1 aromatic carbocycles. The van der Waals surface area contributed by atoms with Crippen molar-refractivity contribution in [2.75, 3.05) is 13.1 Å². The Morgan fingerprint density at radius 2 is 1.86 bits per heavy atom. The first-order chi connectivity index (χ1) is 10.7. The van der Waals surface area contributed by atoms with Gasteiger partial charge in [-0.05, 0) is 24.8 Å². The van der Waals surface area contributed by atoms with Crippen molar-refractivity contribution in [1.82, 2.24) is 4.90 Å². The maximum atomic E-state index is 12.6. The predicted octanol–water partition coefficient (Wildman–Crippen LogP) is 2.67. The number of amides is 1. The monoisotopic (exact) mass is 299 g/mol. The summed E-state index contributed by atoms with van der Waals surface area (Å²) < 4.78 is 0. The van der Waals surface area contributed by atoms with E-state index in [2.05, 4.69) is 12.2 Å². The zero-order chi connectivity index (χ0) is 15.5. The molecule has 0 bridgehead atoms. The van der Waals surface area contributed by atoms with Crippen LogP contribution in [0.1, 0.15) is 30.7 Å². The lowest BCUT2D eigenvalue weighted by Crippen LogP contribution is -2.35. The van der Waals surface area contributed by atoms with Gasteiger partial charge >= 0.3 is 5.97 Å². The Hall–Kier alpha value is -2.10. The molecule has 1 aromatic rings. The Morgan fingerprint density at radius 3 is 2.50 bits per heavy atom. The summed E-state index contributed by atoms with van der Waals surface area (Å²) in [5, 5.41) is 9.51. The molecule has 3 atom stereocenters. The van der Waals surface area contributed by atoms with E-state index in [1.165, 1.54) is 0 Å². The van der Waals surface area contributed by atoms with E-state index in [1.54, 1.807) is 4.90 Å². The van der Waals surface area contributed by atoms with Crippen molar-refractivity contribution in [3.63, 3.8) is 0 Å². The second-order valence-electron chi connectivity index (χ2n) is 6.19. The highest BCUT2D eigenvalue weighted by atomic mass is 16.4. The van der Waals surface area contributed by atoms with E-state index in [9.17, 15) is 14.7 Å². The van der Waals surface area contributed by atoms with Crippen LogP contribution in [0.25, 0.3) is 0 Å². The summed E-state index contributed by atoms with van der Waals surface area (Å²) in [4.78, 5) is 26.0. The Bertz CT molecular complexity index is 581. The lowest BCUT2D eigenvalue weighted by molar-refractivity contribution is -0.142. The average molecular weight is 299 g/mol. The quantitative estimate of drug-likeness (QED) is 0.873. The van der Waals surface area contributed by atoms with E-state index >= 15 is 0 Å². The second kappa shape index (κ2) is 6.34. The molecular weight excluding hydrogens is 278 g/mol. The van der Waals surface area contributed by atoms with Gasteiger partial charge in [-0.3, -0.25) is 9.59 Å². The molecule has 1 aliphatic carbocycles. The van der Waals surface area contributed by atoms with E-state index in [0.29, 0.717) is 13.1 Å². The molecule has 1 fully saturated rings. The molecule has 1 amide bonds. The van der Waals surface area contributed by atoms with Gasteiger partial charge < -0.3 is 10.0 Å². The Labute approximate surface area is 130 Å². The largest absolute Gasteiger partial charge is 0.481 e. The fourth-order valence-corrected chi connectivity index (χ4v) is 3.55. The van der Waals surface area contributed by atoms with Crippen LogP contribution in [0.2, 0.25) is 0 Å². The molecule has 3 rings (SSSR count). The zero-order valence-corrected chi connectivity index (χ0v) is 12.5. The van der Waals surface area contributed by atoms with Crippen molar-refractivity contribution in [2.24, 2.45) is 11.8 Å². The number of carbonyl (C=O) groups excluding carboxylic acids is 1. The Balaban J connectivity index is 1.77. The summed E-state index contributed by atoms with van der Waals surface area (Å²) in [6, 6.07) is 9.68. The summed E-state index contributed by atoms with van der Waals surface area (Å²) in [6.07, 6.45) is 6.77. The van der Waals surface area contributed by atoms with Gasteiger partial charge in [0.25, 0.3) is 0 Å². The zero-order valence-electron chi connectivity index (χ0n) is 12.5. The number of benzene rings is 1. The minimum Gasteiger partial charge on any atom is -0.481 e. The first-order valence-corrected chi connectivity index (χ1v) is 7.88. The molecule has 2 aliphatic rings. The Kier molecular flexibility index (Phi) is 4.27.